The van der Waals surface area contributed by atoms with E-state index in [4.69, 9.17) is 5.73 Å². The molecule has 0 aromatic heterocycles. The molecule has 2 unspecified atom stereocenters. The van der Waals surface area contributed by atoms with Crippen molar-refractivity contribution < 1.29 is 14.4 Å². The minimum absolute atomic E-state index is 0.0539. The van der Waals surface area contributed by atoms with E-state index < -0.39 is 11.4 Å². The number of carbonyl (C=O) groups is 3. The van der Waals surface area contributed by atoms with Gasteiger partial charge < -0.3 is 10.6 Å². The monoisotopic (exact) mass is 238 g/mol. The van der Waals surface area contributed by atoms with E-state index in [1.165, 1.54) is 0 Å². The van der Waals surface area contributed by atoms with E-state index in [1.807, 2.05) is 0 Å². The first-order valence-corrected chi connectivity index (χ1v) is 6.02. The van der Waals surface area contributed by atoms with Gasteiger partial charge in [-0.25, -0.2) is 0 Å². The van der Waals surface area contributed by atoms with Crippen molar-refractivity contribution in [3.8, 4) is 0 Å². The molecular weight excluding hydrogens is 220 g/mol. The van der Waals surface area contributed by atoms with Crippen molar-refractivity contribution in [2.24, 2.45) is 17.6 Å². The molecule has 17 heavy (non-hydrogen) atoms. The van der Waals surface area contributed by atoms with Crippen LogP contribution >= 0.6 is 0 Å². The Morgan fingerprint density at radius 2 is 2.12 bits per heavy atom. The van der Waals surface area contributed by atoms with Crippen LogP contribution < -0.4 is 5.73 Å². The Morgan fingerprint density at radius 3 is 2.47 bits per heavy atom. The lowest BCUT2D eigenvalue weighted by atomic mass is 9.72. The number of ketones is 1. The molecule has 1 saturated carbocycles. The van der Waals surface area contributed by atoms with Gasteiger partial charge in [0.15, 0.2) is 5.78 Å². The molecule has 2 amide bonds. The molecule has 94 valence electrons. The van der Waals surface area contributed by atoms with Crippen LogP contribution in [0.2, 0.25) is 0 Å². The van der Waals surface area contributed by atoms with Crippen molar-refractivity contribution in [2.75, 3.05) is 6.54 Å². The van der Waals surface area contributed by atoms with Crippen molar-refractivity contribution in [3.63, 3.8) is 0 Å². The van der Waals surface area contributed by atoms with Crippen molar-refractivity contribution in [1.29, 1.82) is 0 Å². The molecule has 2 rings (SSSR count). The van der Waals surface area contributed by atoms with Crippen LogP contribution in [0.15, 0.2) is 0 Å². The number of hydrogen-bond acceptors (Lipinski definition) is 3. The summed E-state index contributed by atoms with van der Waals surface area (Å²) in [6, 6.07) is 0. The molecular formula is C12H18N2O3. The standard InChI is InChI=1S/C12H18N2O3/c1-7(2)11(17)14-6-8(10(13)16)5-12(14)4-3-9(12)15/h7-8H,3-6H2,1-2H3,(H2,13,16). The molecule has 1 heterocycles. The van der Waals surface area contributed by atoms with Gasteiger partial charge in [-0.2, -0.15) is 0 Å². The van der Waals surface area contributed by atoms with Gasteiger partial charge in [0.25, 0.3) is 0 Å². The number of Topliss-reactive ketones (excluding diaryl/α,β-unsaturated/α-hetero) is 1. The van der Waals surface area contributed by atoms with Gasteiger partial charge in [-0.1, -0.05) is 13.8 Å². The maximum atomic E-state index is 12.1. The molecule has 5 nitrogen and oxygen atoms in total. The average Bonchev–Trinajstić information content (AvgIpc) is 2.68. The summed E-state index contributed by atoms with van der Waals surface area (Å²) in [5.74, 6) is -0.922. The Bertz CT molecular complexity index is 391. The quantitative estimate of drug-likeness (QED) is 0.739. The number of rotatable bonds is 2. The topological polar surface area (TPSA) is 80.5 Å². The fourth-order valence-electron chi connectivity index (χ4n) is 2.80. The molecule has 1 spiro atoms. The normalized spacial score (nSPS) is 32.1. The average molecular weight is 238 g/mol. The molecule has 1 aliphatic heterocycles. The van der Waals surface area contributed by atoms with Crippen LogP contribution in [0.4, 0.5) is 0 Å². The zero-order valence-electron chi connectivity index (χ0n) is 10.2. The SMILES string of the molecule is CC(C)C(=O)N1CC(C(N)=O)CC12CCC2=O. The fraction of sp³-hybridized carbons (Fsp3) is 0.750. The second-order valence-corrected chi connectivity index (χ2v) is 5.36. The molecule has 0 aromatic rings. The summed E-state index contributed by atoms with van der Waals surface area (Å²) in [5.41, 5.74) is 4.59. The summed E-state index contributed by atoms with van der Waals surface area (Å²) >= 11 is 0. The molecule has 0 radical (unpaired) electrons. The van der Waals surface area contributed by atoms with Gasteiger partial charge in [0.05, 0.1) is 5.92 Å². The highest BCUT2D eigenvalue weighted by Crippen LogP contribution is 2.45. The van der Waals surface area contributed by atoms with Gasteiger partial charge in [0.2, 0.25) is 11.8 Å². The molecule has 2 atom stereocenters. The third kappa shape index (κ3) is 1.64. The van der Waals surface area contributed by atoms with Gasteiger partial charge in [0.1, 0.15) is 5.54 Å². The van der Waals surface area contributed by atoms with Crippen LogP contribution in [0.5, 0.6) is 0 Å². The van der Waals surface area contributed by atoms with E-state index in [1.54, 1.807) is 18.7 Å². The summed E-state index contributed by atoms with van der Waals surface area (Å²) in [6.45, 7) is 3.91. The number of primary amides is 1. The Morgan fingerprint density at radius 1 is 1.47 bits per heavy atom. The van der Waals surface area contributed by atoms with Crippen molar-refractivity contribution in [3.05, 3.63) is 0 Å². The minimum Gasteiger partial charge on any atom is -0.369 e. The lowest BCUT2D eigenvalue weighted by molar-refractivity contribution is -0.152. The summed E-state index contributed by atoms with van der Waals surface area (Å²) < 4.78 is 0. The van der Waals surface area contributed by atoms with Gasteiger partial charge in [-0.05, 0) is 12.8 Å². The smallest absolute Gasteiger partial charge is 0.225 e. The zero-order valence-corrected chi connectivity index (χ0v) is 10.2. The minimum atomic E-state index is -0.707. The lowest BCUT2D eigenvalue weighted by Crippen LogP contribution is -2.59. The van der Waals surface area contributed by atoms with Crippen molar-refractivity contribution in [2.45, 2.75) is 38.6 Å². The predicted molar refractivity (Wildman–Crippen MR) is 60.8 cm³/mol. The van der Waals surface area contributed by atoms with Crippen molar-refractivity contribution >= 4 is 17.6 Å². The van der Waals surface area contributed by atoms with E-state index in [0.717, 1.165) is 0 Å². The van der Waals surface area contributed by atoms with Crippen LogP contribution in [-0.4, -0.2) is 34.6 Å². The molecule has 1 saturated heterocycles. The Hall–Kier alpha value is -1.39. The van der Waals surface area contributed by atoms with E-state index in [2.05, 4.69) is 0 Å². The number of nitrogens with zero attached hydrogens (tertiary/aromatic N) is 1. The third-order valence-corrected chi connectivity index (χ3v) is 3.95. The molecule has 2 fully saturated rings. The first-order valence-electron chi connectivity index (χ1n) is 6.02. The fourth-order valence-corrected chi connectivity index (χ4v) is 2.80. The molecule has 5 heteroatoms. The van der Waals surface area contributed by atoms with Crippen LogP contribution in [0, 0.1) is 11.8 Å². The van der Waals surface area contributed by atoms with E-state index in [-0.39, 0.29) is 23.5 Å². The van der Waals surface area contributed by atoms with Crippen LogP contribution in [0.25, 0.3) is 0 Å². The van der Waals surface area contributed by atoms with Crippen molar-refractivity contribution in [1.82, 2.24) is 4.90 Å². The number of hydrogen-bond donors (Lipinski definition) is 1. The largest absolute Gasteiger partial charge is 0.369 e. The van der Waals surface area contributed by atoms with Crippen LogP contribution in [0.3, 0.4) is 0 Å². The molecule has 2 aliphatic rings. The van der Waals surface area contributed by atoms with Gasteiger partial charge in [-0.3, -0.25) is 14.4 Å². The maximum absolute atomic E-state index is 12.1. The highest BCUT2D eigenvalue weighted by atomic mass is 16.2. The van der Waals surface area contributed by atoms with E-state index in [0.29, 0.717) is 25.8 Å². The van der Waals surface area contributed by atoms with Gasteiger partial charge in [0, 0.05) is 18.9 Å². The molecule has 1 aliphatic carbocycles. The van der Waals surface area contributed by atoms with Gasteiger partial charge in [-0.15, -0.1) is 0 Å². The Kier molecular flexibility index (Phi) is 2.72. The second-order valence-electron chi connectivity index (χ2n) is 5.36. The molecule has 0 aromatic carbocycles. The van der Waals surface area contributed by atoms with Crippen LogP contribution in [0.1, 0.15) is 33.1 Å². The highest BCUT2D eigenvalue weighted by molar-refractivity contribution is 5.99. The number of amides is 2. The van der Waals surface area contributed by atoms with Crippen LogP contribution in [-0.2, 0) is 14.4 Å². The summed E-state index contributed by atoms with van der Waals surface area (Å²) in [6.07, 6.45) is 1.60. The third-order valence-electron chi connectivity index (χ3n) is 3.95. The number of carbonyl (C=O) groups excluding carboxylic acids is 3. The Balaban J connectivity index is 2.26. The highest BCUT2D eigenvalue weighted by Gasteiger charge is 2.58. The summed E-state index contributed by atoms with van der Waals surface area (Å²) in [7, 11) is 0. The first-order chi connectivity index (χ1) is 7.88. The molecule has 2 N–H and O–H groups in total. The second kappa shape index (κ2) is 3.82. The van der Waals surface area contributed by atoms with Gasteiger partial charge >= 0.3 is 0 Å². The zero-order chi connectivity index (χ0) is 12.8. The Labute approximate surface area is 100 Å². The number of nitrogens with two attached hydrogens (primary N) is 1. The maximum Gasteiger partial charge on any atom is 0.225 e. The van der Waals surface area contributed by atoms with E-state index >= 15 is 0 Å². The predicted octanol–water partition coefficient (Wildman–Crippen LogP) is 0.0779. The van der Waals surface area contributed by atoms with E-state index in [9.17, 15) is 14.4 Å². The molecule has 0 bridgehead atoms. The first kappa shape index (κ1) is 12.1. The summed E-state index contributed by atoms with van der Waals surface area (Å²) in [4.78, 5) is 36.7. The summed E-state index contributed by atoms with van der Waals surface area (Å²) in [5, 5.41) is 0. The number of likely N-dealkylation sites (tertiary alicyclic amines) is 1. The lowest BCUT2D eigenvalue weighted by Gasteiger charge is -2.44.